The van der Waals surface area contributed by atoms with Crippen molar-refractivity contribution in [2.24, 2.45) is 5.92 Å². The largest absolute Gasteiger partial charge is 0.550 e. The Morgan fingerprint density at radius 1 is 1.08 bits per heavy atom. The summed E-state index contributed by atoms with van der Waals surface area (Å²) in [6, 6.07) is 14.3. The highest BCUT2D eigenvalue weighted by Gasteiger charge is 2.23. The maximum Gasteiger partial charge on any atom is 0.269 e. The fraction of sp³-hybridized carbons (Fsp3) is 0.222. The zero-order valence-electron chi connectivity index (χ0n) is 13.5. The summed E-state index contributed by atoms with van der Waals surface area (Å²) < 4.78 is 0. The van der Waals surface area contributed by atoms with Crippen LogP contribution in [0.5, 0.6) is 0 Å². The summed E-state index contributed by atoms with van der Waals surface area (Å²) in [6.07, 6.45) is -0.255. The average Bonchev–Trinajstić information content (AvgIpc) is 2.60. The zero-order valence-corrected chi connectivity index (χ0v) is 13.5. The van der Waals surface area contributed by atoms with Gasteiger partial charge in [-0.1, -0.05) is 37.3 Å². The molecule has 0 bridgehead atoms. The lowest BCUT2D eigenvalue weighted by Gasteiger charge is -2.25. The summed E-state index contributed by atoms with van der Waals surface area (Å²) in [5, 5.41) is 24.6. The van der Waals surface area contributed by atoms with Gasteiger partial charge in [0, 0.05) is 36.1 Å². The van der Waals surface area contributed by atoms with Crippen LogP contribution in [0.15, 0.2) is 54.6 Å². The molecule has 0 aromatic heterocycles. The number of aliphatic carboxylic acids is 1. The number of nitrogens with one attached hydrogen (secondary N) is 1. The number of benzene rings is 2. The number of nitro benzene ring substituents is 1. The minimum atomic E-state index is -1.30. The maximum absolute atomic E-state index is 12.1. The van der Waals surface area contributed by atoms with Crippen molar-refractivity contribution in [1.29, 1.82) is 0 Å². The van der Waals surface area contributed by atoms with Crippen LogP contribution in [0.4, 0.5) is 11.4 Å². The van der Waals surface area contributed by atoms with Crippen LogP contribution in [0.2, 0.25) is 0 Å². The monoisotopic (exact) mass is 341 g/mol. The van der Waals surface area contributed by atoms with E-state index in [-0.39, 0.29) is 12.1 Å². The van der Waals surface area contributed by atoms with Crippen LogP contribution in [0.3, 0.4) is 0 Å². The molecule has 0 heterocycles. The zero-order chi connectivity index (χ0) is 18.4. The highest BCUT2D eigenvalue weighted by Crippen LogP contribution is 2.27. The topological polar surface area (TPSA) is 112 Å². The SMILES string of the molecule is C[C@@H](c1ccccc1)[C@H](CC(=O)Nc1ccc([N+](=O)[O-])cc1)C(=O)[O-]. The normalized spacial score (nSPS) is 12.8. The first-order chi connectivity index (χ1) is 11.9. The summed E-state index contributed by atoms with van der Waals surface area (Å²) in [5.74, 6) is -3.17. The highest BCUT2D eigenvalue weighted by atomic mass is 16.6. The second-order valence-corrected chi connectivity index (χ2v) is 5.68. The number of carbonyl (C=O) groups excluding carboxylic acids is 2. The Labute approximate surface area is 144 Å². The minimum Gasteiger partial charge on any atom is -0.550 e. The molecule has 0 unspecified atom stereocenters. The van der Waals surface area contributed by atoms with Gasteiger partial charge in [0.05, 0.1) is 4.92 Å². The van der Waals surface area contributed by atoms with E-state index in [1.165, 1.54) is 24.3 Å². The summed E-state index contributed by atoms with van der Waals surface area (Å²) >= 11 is 0. The van der Waals surface area contributed by atoms with Crippen LogP contribution >= 0.6 is 0 Å². The standard InChI is InChI=1S/C18H18N2O5/c1-12(13-5-3-2-4-6-13)16(18(22)23)11-17(21)19-14-7-9-15(10-8-14)20(24)25/h2-10,12,16H,11H2,1H3,(H,19,21)(H,22,23)/p-1/t12-,16-/m0/s1. The number of non-ortho nitro benzene ring substituents is 1. The van der Waals surface area contributed by atoms with E-state index in [4.69, 9.17) is 0 Å². The Morgan fingerprint density at radius 3 is 2.20 bits per heavy atom. The van der Waals surface area contributed by atoms with Gasteiger partial charge in [-0.05, 0) is 23.6 Å². The summed E-state index contributed by atoms with van der Waals surface area (Å²) in [6.45, 7) is 1.73. The number of hydrogen-bond acceptors (Lipinski definition) is 5. The van der Waals surface area contributed by atoms with Gasteiger partial charge in [-0.15, -0.1) is 0 Å². The van der Waals surface area contributed by atoms with Gasteiger partial charge in [0.2, 0.25) is 5.91 Å². The number of hydrogen-bond donors (Lipinski definition) is 1. The first-order valence-electron chi connectivity index (χ1n) is 7.68. The Kier molecular flexibility index (Phi) is 5.84. The molecule has 1 N–H and O–H groups in total. The molecule has 7 heteroatoms. The molecule has 7 nitrogen and oxygen atoms in total. The van der Waals surface area contributed by atoms with Crippen molar-refractivity contribution in [2.75, 3.05) is 5.32 Å². The van der Waals surface area contributed by atoms with Crippen molar-refractivity contribution in [3.05, 3.63) is 70.3 Å². The van der Waals surface area contributed by atoms with Crippen molar-refractivity contribution in [3.63, 3.8) is 0 Å². The van der Waals surface area contributed by atoms with E-state index in [0.29, 0.717) is 5.69 Å². The fourth-order valence-corrected chi connectivity index (χ4v) is 2.53. The predicted molar refractivity (Wildman–Crippen MR) is 89.7 cm³/mol. The van der Waals surface area contributed by atoms with Crippen molar-refractivity contribution in [2.45, 2.75) is 19.3 Å². The Hall–Kier alpha value is -3.22. The van der Waals surface area contributed by atoms with Gasteiger partial charge >= 0.3 is 0 Å². The molecule has 1 amide bonds. The minimum absolute atomic E-state index is 0.0942. The van der Waals surface area contributed by atoms with E-state index in [1.807, 2.05) is 6.07 Å². The van der Waals surface area contributed by atoms with Gasteiger partial charge in [0.15, 0.2) is 0 Å². The molecule has 25 heavy (non-hydrogen) atoms. The lowest BCUT2D eigenvalue weighted by atomic mass is 9.85. The van der Waals surface area contributed by atoms with E-state index in [2.05, 4.69) is 5.32 Å². The van der Waals surface area contributed by atoms with Gasteiger partial charge in [-0.25, -0.2) is 0 Å². The molecule has 2 aromatic carbocycles. The fourth-order valence-electron chi connectivity index (χ4n) is 2.53. The van der Waals surface area contributed by atoms with Crippen LogP contribution in [0, 0.1) is 16.0 Å². The molecule has 0 saturated heterocycles. The van der Waals surface area contributed by atoms with E-state index in [0.717, 1.165) is 5.56 Å². The molecule has 0 aliphatic heterocycles. The number of rotatable bonds is 7. The highest BCUT2D eigenvalue weighted by molar-refractivity contribution is 5.93. The first kappa shape index (κ1) is 18.1. The van der Waals surface area contributed by atoms with Gasteiger partial charge < -0.3 is 15.2 Å². The van der Waals surface area contributed by atoms with Crippen LogP contribution in [0.1, 0.15) is 24.8 Å². The van der Waals surface area contributed by atoms with Crippen LogP contribution < -0.4 is 10.4 Å². The molecule has 0 aliphatic carbocycles. The third-order valence-corrected chi connectivity index (χ3v) is 4.00. The second-order valence-electron chi connectivity index (χ2n) is 5.68. The number of carbonyl (C=O) groups is 2. The quantitative estimate of drug-likeness (QED) is 0.612. The van der Waals surface area contributed by atoms with Crippen LogP contribution in [-0.2, 0) is 9.59 Å². The van der Waals surface area contributed by atoms with Crippen molar-refractivity contribution < 1.29 is 19.6 Å². The maximum atomic E-state index is 12.1. The smallest absolute Gasteiger partial charge is 0.269 e. The van der Waals surface area contributed by atoms with E-state index >= 15 is 0 Å². The molecule has 2 rings (SSSR count). The van der Waals surface area contributed by atoms with E-state index in [9.17, 15) is 24.8 Å². The van der Waals surface area contributed by atoms with E-state index < -0.39 is 28.6 Å². The van der Waals surface area contributed by atoms with Gasteiger partial charge in [0.25, 0.3) is 5.69 Å². The number of carboxylic acids is 1. The molecule has 0 fully saturated rings. The Bertz CT molecular complexity index is 759. The molecule has 0 aliphatic rings. The molecule has 0 radical (unpaired) electrons. The molecule has 0 saturated carbocycles. The van der Waals surface area contributed by atoms with Crippen molar-refractivity contribution in [1.82, 2.24) is 0 Å². The third-order valence-electron chi connectivity index (χ3n) is 4.00. The summed E-state index contributed by atoms with van der Waals surface area (Å²) in [4.78, 5) is 33.7. The number of carboxylic acid groups (broad SMARTS) is 1. The Balaban J connectivity index is 2.05. The lowest BCUT2D eigenvalue weighted by Crippen LogP contribution is -2.36. The molecule has 0 spiro atoms. The van der Waals surface area contributed by atoms with Gasteiger partial charge in [-0.2, -0.15) is 0 Å². The second kappa shape index (κ2) is 8.05. The van der Waals surface area contributed by atoms with Crippen molar-refractivity contribution >= 4 is 23.3 Å². The number of amides is 1. The molecular weight excluding hydrogens is 324 g/mol. The van der Waals surface area contributed by atoms with Crippen LogP contribution in [0.25, 0.3) is 0 Å². The summed E-state index contributed by atoms with van der Waals surface area (Å²) in [7, 11) is 0. The summed E-state index contributed by atoms with van der Waals surface area (Å²) in [5.41, 5.74) is 1.07. The molecular formula is C18H17N2O5-. The lowest BCUT2D eigenvalue weighted by molar-refractivity contribution is -0.384. The number of nitro groups is 1. The first-order valence-corrected chi connectivity index (χ1v) is 7.68. The van der Waals surface area contributed by atoms with E-state index in [1.54, 1.807) is 31.2 Å². The van der Waals surface area contributed by atoms with Gasteiger partial charge in [0.1, 0.15) is 0 Å². The van der Waals surface area contributed by atoms with Crippen molar-refractivity contribution in [3.8, 4) is 0 Å². The number of anilines is 1. The molecule has 2 atom stereocenters. The predicted octanol–water partition coefficient (Wildman–Crippen LogP) is 2.09. The third kappa shape index (κ3) is 4.87. The Morgan fingerprint density at radius 2 is 1.68 bits per heavy atom. The van der Waals surface area contributed by atoms with Crippen LogP contribution in [-0.4, -0.2) is 16.8 Å². The number of nitrogens with zero attached hydrogens (tertiary/aromatic N) is 1. The molecule has 130 valence electrons. The molecule has 2 aromatic rings. The average molecular weight is 341 g/mol. The van der Waals surface area contributed by atoms with Gasteiger partial charge in [-0.3, -0.25) is 14.9 Å².